The monoisotopic (exact) mass is 237 g/mol. The lowest BCUT2D eigenvalue weighted by atomic mass is 9.80. The normalized spacial score (nSPS) is 17.2. The highest BCUT2D eigenvalue weighted by molar-refractivity contribution is 5.97. The molecule has 1 aromatic carbocycles. The van der Waals surface area contributed by atoms with Crippen molar-refractivity contribution < 1.29 is 20.1 Å². The number of phenols is 2. The van der Waals surface area contributed by atoms with Gasteiger partial charge in [0.05, 0.1) is 11.2 Å². The third-order valence-corrected chi connectivity index (χ3v) is 3.12. The van der Waals surface area contributed by atoms with Gasteiger partial charge in [0, 0.05) is 6.54 Å². The van der Waals surface area contributed by atoms with Gasteiger partial charge >= 0.3 is 0 Å². The Morgan fingerprint density at radius 2 is 2.06 bits per heavy atom. The van der Waals surface area contributed by atoms with Crippen LogP contribution in [0.5, 0.6) is 11.5 Å². The van der Waals surface area contributed by atoms with Gasteiger partial charge in [-0.05, 0) is 31.4 Å². The third kappa shape index (κ3) is 2.34. The number of aromatic hydroxyl groups is 2. The van der Waals surface area contributed by atoms with E-state index in [1.807, 2.05) is 0 Å². The highest BCUT2D eigenvalue weighted by Gasteiger charge is 2.34. The number of phenolic OH excluding ortho intramolecular Hbond substituents is 2. The highest BCUT2D eigenvalue weighted by atomic mass is 16.3. The van der Waals surface area contributed by atoms with Gasteiger partial charge in [0.1, 0.15) is 0 Å². The number of benzene rings is 1. The van der Waals surface area contributed by atoms with Crippen LogP contribution in [0.1, 0.15) is 29.6 Å². The number of rotatable bonds is 3. The molecule has 0 unspecified atom stereocenters. The van der Waals surface area contributed by atoms with Crippen LogP contribution in [0.3, 0.4) is 0 Å². The molecule has 0 aliphatic heterocycles. The Kier molecular flexibility index (Phi) is 2.93. The molecule has 1 fully saturated rings. The summed E-state index contributed by atoms with van der Waals surface area (Å²) in [6.45, 7) is 0.168. The fraction of sp³-hybridized carbons (Fsp3) is 0.417. The Balaban J connectivity index is 2.02. The van der Waals surface area contributed by atoms with E-state index in [1.54, 1.807) is 0 Å². The molecule has 1 aromatic rings. The number of carbonyl (C=O) groups excluding carboxylic acids is 1. The van der Waals surface area contributed by atoms with Crippen LogP contribution in [-0.4, -0.2) is 33.4 Å². The fourth-order valence-corrected chi connectivity index (χ4v) is 1.82. The topological polar surface area (TPSA) is 89.8 Å². The fourth-order valence-electron chi connectivity index (χ4n) is 1.82. The molecule has 0 atom stereocenters. The molecule has 1 aliphatic rings. The van der Waals surface area contributed by atoms with Crippen molar-refractivity contribution in [1.82, 2.24) is 5.32 Å². The molecule has 0 spiro atoms. The summed E-state index contributed by atoms with van der Waals surface area (Å²) in [7, 11) is 0. The van der Waals surface area contributed by atoms with Gasteiger partial charge in [-0.15, -0.1) is 0 Å². The first-order chi connectivity index (χ1) is 8.02. The number of amides is 1. The number of aliphatic hydroxyl groups is 1. The summed E-state index contributed by atoms with van der Waals surface area (Å²) in [6.07, 6.45) is 2.32. The number of carbonyl (C=O) groups is 1. The summed E-state index contributed by atoms with van der Waals surface area (Å²) < 4.78 is 0. The number of hydrogen-bond acceptors (Lipinski definition) is 4. The van der Waals surface area contributed by atoms with E-state index in [2.05, 4.69) is 5.32 Å². The average molecular weight is 237 g/mol. The minimum atomic E-state index is -0.803. The van der Waals surface area contributed by atoms with E-state index in [-0.39, 0.29) is 17.9 Å². The van der Waals surface area contributed by atoms with Gasteiger partial charge in [-0.1, -0.05) is 6.07 Å². The van der Waals surface area contributed by atoms with Gasteiger partial charge in [0.2, 0.25) is 0 Å². The Hall–Kier alpha value is -1.75. The minimum Gasteiger partial charge on any atom is -0.504 e. The SMILES string of the molecule is O=C(NCC1(O)CCC1)c1cccc(O)c1O. The van der Waals surface area contributed by atoms with Crippen LogP contribution in [0.2, 0.25) is 0 Å². The van der Waals surface area contributed by atoms with Gasteiger partial charge in [0.25, 0.3) is 5.91 Å². The third-order valence-electron chi connectivity index (χ3n) is 3.12. The zero-order chi connectivity index (χ0) is 12.5. The molecule has 1 amide bonds. The molecule has 0 heterocycles. The van der Waals surface area contributed by atoms with E-state index in [1.165, 1.54) is 18.2 Å². The van der Waals surface area contributed by atoms with Crippen LogP contribution in [0.4, 0.5) is 0 Å². The lowest BCUT2D eigenvalue weighted by Gasteiger charge is -2.36. The van der Waals surface area contributed by atoms with Crippen molar-refractivity contribution in [1.29, 1.82) is 0 Å². The first-order valence-electron chi connectivity index (χ1n) is 5.53. The smallest absolute Gasteiger partial charge is 0.255 e. The molecular weight excluding hydrogens is 222 g/mol. The largest absolute Gasteiger partial charge is 0.504 e. The molecule has 4 N–H and O–H groups in total. The molecule has 2 rings (SSSR count). The van der Waals surface area contributed by atoms with Crippen LogP contribution in [0.25, 0.3) is 0 Å². The van der Waals surface area contributed by atoms with Crippen LogP contribution in [0, 0.1) is 0 Å². The summed E-state index contributed by atoms with van der Waals surface area (Å²) in [5.41, 5.74) is -0.796. The van der Waals surface area contributed by atoms with E-state index in [9.17, 15) is 20.1 Å². The van der Waals surface area contributed by atoms with E-state index < -0.39 is 17.3 Å². The summed E-state index contributed by atoms with van der Waals surface area (Å²) in [6, 6.07) is 4.18. The second kappa shape index (κ2) is 4.25. The first kappa shape index (κ1) is 11.7. The first-order valence-corrected chi connectivity index (χ1v) is 5.53. The molecule has 5 heteroatoms. The van der Waals surface area contributed by atoms with E-state index in [4.69, 9.17) is 0 Å². The van der Waals surface area contributed by atoms with Crippen molar-refractivity contribution >= 4 is 5.91 Å². The number of hydrogen-bond donors (Lipinski definition) is 4. The van der Waals surface area contributed by atoms with Crippen LogP contribution in [0.15, 0.2) is 18.2 Å². The molecule has 0 saturated heterocycles. The molecule has 92 valence electrons. The molecule has 1 saturated carbocycles. The van der Waals surface area contributed by atoms with Gasteiger partial charge in [-0.25, -0.2) is 0 Å². The second-order valence-corrected chi connectivity index (χ2v) is 4.43. The Bertz CT molecular complexity index is 440. The van der Waals surface area contributed by atoms with Crippen molar-refractivity contribution in [2.45, 2.75) is 24.9 Å². The zero-order valence-electron chi connectivity index (χ0n) is 9.31. The van der Waals surface area contributed by atoms with Gasteiger partial charge in [-0.3, -0.25) is 4.79 Å². The van der Waals surface area contributed by atoms with Crippen LogP contribution < -0.4 is 5.32 Å². The van der Waals surface area contributed by atoms with E-state index in [0.717, 1.165) is 6.42 Å². The van der Waals surface area contributed by atoms with Crippen molar-refractivity contribution in [3.63, 3.8) is 0 Å². The molecule has 17 heavy (non-hydrogen) atoms. The van der Waals surface area contributed by atoms with Crippen LogP contribution >= 0.6 is 0 Å². The molecule has 5 nitrogen and oxygen atoms in total. The van der Waals surface area contributed by atoms with Gasteiger partial charge < -0.3 is 20.6 Å². The Morgan fingerprint density at radius 3 is 2.65 bits per heavy atom. The quantitative estimate of drug-likeness (QED) is 0.584. The molecule has 0 aromatic heterocycles. The molecule has 1 aliphatic carbocycles. The molecule has 0 radical (unpaired) electrons. The Labute approximate surface area is 98.7 Å². The minimum absolute atomic E-state index is 0.00734. The summed E-state index contributed by atoms with van der Waals surface area (Å²) in [5.74, 6) is -1.27. The number of para-hydroxylation sites is 1. The molecular formula is C12H15NO4. The van der Waals surface area contributed by atoms with Crippen molar-refractivity contribution in [3.8, 4) is 11.5 Å². The predicted octanol–water partition coefficient (Wildman–Crippen LogP) is 0.743. The van der Waals surface area contributed by atoms with Crippen molar-refractivity contribution in [2.24, 2.45) is 0 Å². The average Bonchev–Trinajstić information content (AvgIpc) is 2.27. The Morgan fingerprint density at radius 1 is 1.35 bits per heavy atom. The summed E-state index contributed by atoms with van der Waals surface area (Å²) >= 11 is 0. The maximum atomic E-state index is 11.7. The lowest BCUT2D eigenvalue weighted by Crippen LogP contribution is -2.47. The van der Waals surface area contributed by atoms with Gasteiger partial charge in [0.15, 0.2) is 11.5 Å². The number of nitrogens with one attached hydrogen (secondary N) is 1. The lowest BCUT2D eigenvalue weighted by molar-refractivity contribution is -0.0300. The highest BCUT2D eigenvalue weighted by Crippen LogP contribution is 2.31. The van der Waals surface area contributed by atoms with E-state index >= 15 is 0 Å². The van der Waals surface area contributed by atoms with E-state index in [0.29, 0.717) is 12.8 Å². The van der Waals surface area contributed by atoms with Crippen LogP contribution in [-0.2, 0) is 0 Å². The maximum absolute atomic E-state index is 11.7. The van der Waals surface area contributed by atoms with Crippen molar-refractivity contribution in [3.05, 3.63) is 23.8 Å². The van der Waals surface area contributed by atoms with Crippen molar-refractivity contribution in [2.75, 3.05) is 6.54 Å². The van der Waals surface area contributed by atoms with Gasteiger partial charge in [-0.2, -0.15) is 0 Å². The zero-order valence-corrected chi connectivity index (χ0v) is 9.31. The predicted molar refractivity (Wildman–Crippen MR) is 60.9 cm³/mol. The second-order valence-electron chi connectivity index (χ2n) is 4.43. The molecule has 0 bridgehead atoms. The maximum Gasteiger partial charge on any atom is 0.255 e. The summed E-state index contributed by atoms with van der Waals surface area (Å²) in [5, 5.41) is 31.1. The standard InChI is InChI=1S/C12H15NO4/c14-9-4-1-3-8(10(9)15)11(16)13-7-12(17)5-2-6-12/h1,3-4,14-15,17H,2,5-7H2,(H,13,16). The summed E-state index contributed by atoms with van der Waals surface area (Å²) in [4.78, 5) is 11.7.